The Morgan fingerprint density at radius 2 is 1.50 bits per heavy atom. The number of carbonyl (C=O) groups excluding carboxylic acids is 2. The number of likely N-dealkylation sites (tertiary alicyclic amines) is 1. The summed E-state index contributed by atoms with van der Waals surface area (Å²) >= 11 is 0. The van der Waals surface area contributed by atoms with E-state index in [4.69, 9.17) is 9.47 Å². The first kappa shape index (κ1) is 27.0. The van der Waals surface area contributed by atoms with Crippen molar-refractivity contribution >= 4 is 17.4 Å². The zero-order valence-electron chi connectivity index (χ0n) is 22.7. The fraction of sp³-hybridized carbons (Fsp3) is 0.312. The van der Waals surface area contributed by atoms with Crippen LogP contribution in [0.25, 0.3) is 5.76 Å². The molecular formula is C32H35NO5. The van der Waals surface area contributed by atoms with Crippen molar-refractivity contribution in [2.24, 2.45) is 0 Å². The van der Waals surface area contributed by atoms with Gasteiger partial charge in [-0.2, -0.15) is 0 Å². The van der Waals surface area contributed by atoms with Crippen LogP contribution >= 0.6 is 0 Å². The van der Waals surface area contributed by atoms with E-state index in [1.807, 2.05) is 62.4 Å². The number of ketones is 1. The zero-order valence-corrected chi connectivity index (χ0v) is 22.7. The Kier molecular flexibility index (Phi) is 7.91. The summed E-state index contributed by atoms with van der Waals surface area (Å²) in [4.78, 5) is 28.3. The summed E-state index contributed by atoms with van der Waals surface area (Å²) in [5.41, 5.74) is 3.18. The van der Waals surface area contributed by atoms with Crippen LogP contribution < -0.4 is 9.47 Å². The highest BCUT2D eigenvalue weighted by molar-refractivity contribution is 6.46. The molecule has 3 aromatic carbocycles. The summed E-state index contributed by atoms with van der Waals surface area (Å²) in [6.07, 6.45) is 0. The van der Waals surface area contributed by atoms with E-state index in [1.165, 1.54) is 4.90 Å². The molecule has 0 bridgehead atoms. The molecule has 1 amide bonds. The average molecular weight is 514 g/mol. The van der Waals surface area contributed by atoms with Gasteiger partial charge in [-0.3, -0.25) is 9.59 Å². The van der Waals surface area contributed by atoms with Gasteiger partial charge in [0.1, 0.15) is 17.3 Å². The molecule has 0 aromatic heterocycles. The summed E-state index contributed by atoms with van der Waals surface area (Å²) in [5.74, 6) is -0.261. The van der Waals surface area contributed by atoms with Gasteiger partial charge in [0.2, 0.25) is 0 Å². The van der Waals surface area contributed by atoms with Gasteiger partial charge in [-0.1, -0.05) is 69.3 Å². The number of aliphatic hydroxyl groups is 1. The lowest BCUT2D eigenvalue weighted by atomic mass is 9.85. The summed E-state index contributed by atoms with van der Waals surface area (Å²) in [5, 5.41) is 11.4. The summed E-state index contributed by atoms with van der Waals surface area (Å²) in [6.45, 7) is 11.4. The van der Waals surface area contributed by atoms with Gasteiger partial charge in [0.25, 0.3) is 11.7 Å². The number of hydrogen-bond donors (Lipinski definition) is 1. The number of hydrogen-bond acceptors (Lipinski definition) is 5. The molecule has 1 aliphatic rings. The van der Waals surface area contributed by atoms with E-state index < -0.39 is 17.7 Å². The topological polar surface area (TPSA) is 76.1 Å². The van der Waals surface area contributed by atoms with Crippen molar-refractivity contribution in [1.29, 1.82) is 0 Å². The number of nitrogens with zero attached hydrogens (tertiary/aromatic N) is 1. The van der Waals surface area contributed by atoms with E-state index in [0.29, 0.717) is 24.5 Å². The van der Waals surface area contributed by atoms with Gasteiger partial charge in [-0.25, -0.2) is 0 Å². The molecule has 1 atom stereocenters. The lowest BCUT2D eigenvalue weighted by molar-refractivity contribution is -0.140. The van der Waals surface area contributed by atoms with Crippen LogP contribution in [0.5, 0.6) is 11.5 Å². The predicted octanol–water partition coefficient (Wildman–Crippen LogP) is 6.40. The van der Waals surface area contributed by atoms with Crippen LogP contribution in [0.4, 0.5) is 0 Å². The van der Waals surface area contributed by atoms with Crippen molar-refractivity contribution in [2.75, 3.05) is 13.2 Å². The second kappa shape index (κ2) is 11.1. The van der Waals surface area contributed by atoms with Crippen LogP contribution in [0.3, 0.4) is 0 Å². The molecule has 1 aliphatic heterocycles. The van der Waals surface area contributed by atoms with Crippen molar-refractivity contribution in [3.05, 3.63) is 101 Å². The molecule has 1 saturated heterocycles. The summed E-state index contributed by atoms with van der Waals surface area (Å²) < 4.78 is 11.1. The van der Waals surface area contributed by atoms with Gasteiger partial charge in [0.15, 0.2) is 0 Å². The van der Waals surface area contributed by atoms with E-state index in [2.05, 4.69) is 20.8 Å². The molecule has 0 spiro atoms. The first-order valence-corrected chi connectivity index (χ1v) is 13.0. The van der Waals surface area contributed by atoms with Crippen molar-refractivity contribution in [2.45, 2.75) is 52.6 Å². The molecular weight excluding hydrogens is 478 g/mol. The maximum atomic E-state index is 13.4. The normalized spacial score (nSPS) is 17.1. The monoisotopic (exact) mass is 513 g/mol. The largest absolute Gasteiger partial charge is 0.507 e. The van der Waals surface area contributed by atoms with Crippen LogP contribution in [0, 0.1) is 0 Å². The third-order valence-corrected chi connectivity index (χ3v) is 6.64. The first-order valence-electron chi connectivity index (χ1n) is 13.0. The highest BCUT2D eigenvalue weighted by atomic mass is 16.5. The Morgan fingerprint density at radius 1 is 0.868 bits per heavy atom. The Hall–Kier alpha value is -4.06. The molecule has 0 aliphatic carbocycles. The van der Waals surface area contributed by atoms with Crippen molar-refractivity contribution in [3.8, 4) is 11.5 Å². The first-order chi connectivity index (χ1) is 18.1. The van der Waals surface area contributed by atoms with Gasteiger partial charge < -0.3 is 19.5 Å². The molecule has 1 N–H and O–H groups in total. The molecule has 0 saturated carbocycles. The van der Waals surface area contributed by atoms with E-state index in [0.717, 1.165) is 22.4 Å². The number of benzene rings is 3. The third kappa shape index (κ3) is 5.59. The molecule has 1 heterocycles. The fourth-order valence-corrected chi connectivity index (χ4v) is 4.66. The van der Waals surface area contributed by atoms with Crippen LogP contribution in [-0.2, 0) is 21.5 Å². The Balaban J connectivity index is 1.81. The lowest BCUT2D eigenvalue weighted by Crippen LogP contribution is -2.29. The highest BCUT2D eigenvalue weighted by Crippen LogP contribution is 2.41. The molecule has 6 nitrogen and oxygen atoms in total. The minimum atomic E-state index is -0.744. The van der Waals surface area contributed by atoms with Crippen LogP contribution in [0.15, 0.2) is 78.4 Å². The number of rotatable bonds is 8. The molecule has 1 fully saturated rings. The molecule has 4 rings (SSSR count). The SMILES string of the molecule is CCOc1ccc(CN2C(=O)C(=O)/C(=C(\O)c3cccc(OCC)c3)C2c2ccc(C(C)(C)C)cc2)cc1. The smallest absolute Gasteiger partial charge is 0.295 e. The minimum absolute atomic E-state index is 0.0532. The van der Waals surface area contributed by atoms with Crippen molar-refractivity contribution in [3.63, 3.8) is 0 Å². The van der Waals surface area contributed by atoms with E-state index in [-0.39, 0.29) is 23.3 Å². The molecule has 0 radical (unpaired) electrons. The average Bonchev–Trinajstić information content (AvgIpc) is 3.14. The van der Waals surface area contributed by atoms with Gasteiger partial charge in [0.05, 0.1) is 24.8 Å². The van der Waals surface area contributed by atoms with Gasteiger partial charge in [-0.05, 0) is 60.2 Å². The standard InChI is InChI=1S/C32H35NO5/c1-6-37-25-17-11-21(12-18-25)20-33-28(22-13-15-24(16-14-22)32(3,4)5)27(30(35)31(33)36)29(34)23-9-8-10-26(19-23)38-7-2/h8-19,28,34H,6-7,20H2,1-5H3/b29-27-. The predicted molar refractivity (Wildman–Crippen MR) is 148 cm³/mol. The van der Waals surface area contributed by atoms with Gasteiger partial charge in [-0.15, -0.1) is 0 Å². The summed E-state index contributed by atoms with van der Waals surface area (Å²) in [6, 6.07) is 21.6. The zero-order chi connectivity index (χ0) is 27.4. The minimum Gasteiger partial charge on any atom is -0.507 e. The van der Waals surface area contributed by atoms with E-state index in [1.54, 1.807) is 24.3 Å². The van der Waals surface area contributed by atoms with Crippen LogP contribution in [0.1, 0.15) is 62.9 Å². The maximum Gasteiger partial charge on any atom is 0.295 e. The lowest BCUT2D eigenvalue weighted by Gasteiger charge is -2.26. The quantitative estimate of drug-likeness (QED) is 0.214. The molecule has 198 valence electrons. The Morgan fingerprint density at radius 3 is 2.11 bits per heavy atom. The second-order valence-electron chi connectivity index (χ2n) is 10.3. The fourth-order valence-electron chi connectivity index (χ4n) is 4.66. The van der Waals surface area contributed by atoms with E-state index in [9.17, 15) is 14.7 Å². The van der Waals surface area contributed by atoms with Gasteiger partial charge in [0, 0.05) is 12.1 Å². The molecule has 38 heavy (non-hydrogen) atoms. The van der Waals surface area contributed by atoms with Crippen LogP contribution in [0.2, 0.25) is 0 Å². The number of Topliss-reactive ketones (excluding diaryl/α,β-unsaturated/α-hetero) is 1. The second-order valence-corrected chi connectivity index (χ2v) is 10.3. The molecule has 1 unspecified atom stereocenters. The number of amides is 1. The number of aliphatic hydroxyl groups excluding tert-OH is 1. The van der Waals surface area contributed by atoms with Crippen molar-refractivity contribution in [1.82, 2.24) is 4.90 Å². The maximum absolute atomic E-state index is 13.4. The Labute approximate surface area is 224 Å². The third-order valence-electron chi connectivity index (χ3n) is 6.64. The highest BCUT2D eigenvalue weighted by Gasteiger charge is 2.46. The number of carbonyl (C=O) groups is 2. The molecule has 6 heteroatoms. The number of ether oxygens (including phenoxy) is 2. The van der Waals surface area contributed by atoms with Crippen LogP contribution in [-0.4, -0.2) is 34.9 Å². The molecule has 3 aromatic rings. The Bertz CT molecular complexity index is 1330. The summed E-state index contributed by atoms with van der Waals surface area (Å²) in [7, 11) is 0. The van der Waals surface area contributed by atoms with E-state index >= 15 is 0 Å². The van der Waals surface area contributed by atoms with Crippen molar-refractivity contribution < 1.29 is 24.2 Å². The van der Waals surface area contributed by atoms with Gasteiger partial charge >= 0.3 is 0 Å².